The number of benzene rings is 1. The SMILES string of the molecule is CN(Cc1cnn(C)c1)C(CN)c1ccc(F)c(Br)c1. The summed E-state index contributed by atoms with van der Waals surface area (Å²) in [5.74, 6) is -0.264. The highest BCUT2D eigenvalue weighted by Crippen LogP contribution is 2.25. The van der Waals surface area contributed by atoms with Crippen LogP contribution in [0.4, 0.5) is 4.39 Å². The summed E-state index contributed by atoms with van der Waals surface area (Å²) >= 11 is 3.22. The van der Waals surface area contributed by atoms with Crippen LogP contribution in [0.5, 0.6) is 0 Å². The maximum atomic E-state index is 13.3. The number of nitrogens with zero attached hydrogens (tertiary/aromatic N) is 3. The van der Waals surface area contributed by atoms with Gasteiger partial charge in [0.25, 0.3) is 0 Å². The maximum absolute atomic E-state index is 13.3. The molecule has 1 aromatic carbocycles. The van der Waals surface area contributed by atoms with Crippen LogP contribution in [-0.4, -0.2) is 28.3 Å². The van der Waals surface area contributed by atoms with Gasteiger partial charge in [-0.2, -0.15) is 5.10 Å². The summed E-state index contributed by atoms with van der Waals surface area (Å²) in [7, 11) is 3.89. The van der Waals surface area contributed by atoms with E-state index in [1.54, 1.807) is 16.8 Å². The fraction of sp³-hybridized carbons (Fsp3) is 0.357. The van der Waals surface area contributed by atoms with Crippen LogP contribution >= 0.6 is 15.9 Å². The molecule has 2 aromatic rings. The van der Waals surface area contributed by atoms with Crippen LogP contribution in [0.25, 0.3) is 0 Å². The van der Waals surface area contributed by atoms with Crippen molar-refractivity contribution in [1.29, 1.82) is 0 Å². The molecule has 0 saturated carbocycles. The Labute approximate surface area is 126 Å². The average molecular weight is 341 g/mol. The molecule has 0 aliphatic carbocycles. The molecule has 0 radical (unpaired) electrons. The Bertz CT molecular complexity index is 584. The Morgan fingerprint density at radius 2 is 2.25 bits per heavy atom. The summed E-state index contributed by atoms with van der Waals surface area (Å²) < 4.78 is 15.5. The highest BCUT2D eigenvalue weighted by Gasteiger charge is 2.17. The van der Waals surface area contributed by atoms with Gasteiger partial charge in [-0.15, -0.1) is 0 Å². The minimum absolute atomic E-state index is 0.0344. The van der Waals surface area contributed by atoms with Gasteiger partial charge in [0.05, 0.1) is 10.7 Å². The lowest BCUT2D eigenvalue weighted by Crippen LogP contribution is -2.30. The summed E-state index contributed by atoms with van der Waals surface area (Å²) in [5, 5.41) is 4.15. The van der Waals surface area contributed by atoms with Gasteiger partial charge >= 0.3 is 0 Å². The van der Waals surface area contributed by atoms with Gasteiger partial charge in [0.2, 0.25) is 0 Å². The molecule has 0 aliphatic heterocycles. The lowest BCUT2D eigenvalue weighted by Gasteiger charge is -2.27. The first kappa shape index (κ1) is 15.2. The minimum Gasteiger partial charge on any atom is -0.329 e. The quantitative estimate of drug-likeness (QED) is 0.909. The van der Waals surface area contributed by atoms with E-state index < -0.39 is 0 Å². The normalized spacial score (nSPS) is 12.9. The summed E-state index contributed by atoms with van der Waals surface area (Å²) in [6.45, 7) is 1.21. The van der Waals surface area contributed by atoms with Gasteiger partial charge in [0, 0.05) is 37.9 Å². The Balaban J connectivity index is 2.16. The zero-order chi connectivity index (χ0) is 14.7. The summed E-state index contributed by atoms with van der Waals surface area (Å²) in [6.07, 6.45) is 3.81. The molecule has 0 amide bonds. The predicted molar refractivity (Wildman–Crippen MR) is 80.6 cm³/mol. The zero-order valence-corrected chi connectivity index (χ0v) is 13.1. The van der Waals surface area contributed by atoms with Crippen LogP contribution in [0, 0.1) is 5.82 Å². The van der Waals surface area contributed by atoms with Crippen molar-refractivity contribution < 1.29 is 4.39 Å². The van der Waals surface area contributed by atoms with Crippen molar-refractivity contribution in [2.75, 3.05) is 13.6 Å². The second kappa shape index (κ2) is 6.47. The number of likely N-dealkylation sites (N-methyl/N-ethyl adjacent to an activating group) is 1. The first-order valence-corrected chi connectivity index (χ1v) is 7.13. The largest absolute Gasteiger partial charge is 0.329 e. The molecule has 6 heteroatoms. The predicted octanol–water partition coefficient (Wildman–Crippen LogP) is 2.45. The van der Waals surface area contributed by atoms with Gasteiger partial charge in [-0.1, -0.05) is 6.07 Å². The van der Waals surface area contributed by atoms with E-state index in [4.69, 9.17) is 5.73 Å². The lowest BCUT2D eigenvalue weighted by atomic mass is 10.1. The van der Waals surface area contributed by atoms with Crippen molar-refractivity contribution in [3.05, 3.63) is 52.0 Å². The monoisotopic (exact) mass is 340 g/mol. The molecule has 0 saturated heterocycles. The standard InChI is InChI=1S/C14H18BrFN4/c1-19(8-10-7-18-20(2)9-10)14(6-17)11-3-4-13(16)12(15)5-11/h3-5,7,9,14H,6,8,17H2,1-2H3. The Kier molecular flexibility index (Phi) is 4.91. The third-order valence-corrected chi connectivity index (χ3v) is 3.88. The molecule has 1 aromatic heterocycles. The molecule has 0 spiro atoms. The van der Waals surface area contributed by atoms with Gasteiger partial charge in [0.1, 0.15) is 5.82 Å². The van der Waals surface area contributed by atoms with Crippen LogP contribution in [0.2, 0.25) is 0 Å². The Hall–Kier alpha value is -1.24. The first-order chi connectivity index (χ1) is 9.51. The number of aromatic nitrogens is 2. The third-order valence-electron chi connectivity index (χ3n) is 3.27. The molecule has 2 N–H and O–H groups in total. The van der Waals surface area contributed by atoms with Crippen molar-refractivity contribution >= 4 is 15.9 Å². The van der Waals surface area contributed by atoms with E-state index in [9.17, 15) is 4.39 Å². The highest BCUT2D eigenvalue weighted by molar-refractivity contribution is 9.10. The molecule has 108 valence electrons. The van der Waals surface area contributed by atoms with Gasteiger partial charge in [-0.25, -0.2) is 4.39 Å². The molecule has 1 unspecified atom stereocenters. The number of rotatable bonds is 5. The van der Waals surface area contributed by atoms with E-state index in [-0.39, 0.29) is 11.9 Å². The van der Waals surface area contributed by atoms with Crippen molar-refractivity contribution in [1.82, 2.24) is 14.7 Å². The first-order valence-electron chi connectivity index (χ1n) is 6.34. The number of hydrogen-bond acceptors (Lipinski definition) is 3. The van der Waals surface area contributed by atoms with Crippen molar-refractivity contribution in [2.45, 2.75) is 12.6 Å². The molecule has 20 heavy (non-hydrogen) atoms. The Morgan fingerprint density at radius 1 is 1.50 bits per heavy atom. The smallest absolute Gasteiger partial charge is 0.137 e. The number of aryl methyl sites for hydroxylation is 1. The second-order valence-electron chi connectivity index (χ2n) is 4.86. The topological polar surface area (TPSA) is 47.1 Å². The van der Waals surface area contributed by atoms with Gasteiger partial charge in [-0.05, 0) is 40.7 Å². The van der Waals surface area contributed by atoms with Crippen LogP contribution in [0.15, 0.2) is 35.1 Å². The van der Waals surface area contributed by atoms with Crippen LogP contribution in [0.3, 0.4) is 0 Å². The lowest BCUT2D eigenvalue weighted by molar-refractivity contribution is 0.241. The second-order valence-corrected chi connectivity index (χ2v) is 5.72. The highest BCUT2D eigenvalue weighted by atomic mass is 79.9. The van der Waals surface area contributed by atoms with E-state index in [0.29, 0.717) is 11.0 Å². The zero-order valence-electron chi connectivity index (χ0n) is 11.6. The molecule has 0 bridgehead atoms. The molecular formula is C14H18BrFN4. The fourth-order valence-corrected chi connectivity index (χ4v) is 2.64. The average Bonchev–Trinajstić information content (AvgIpc) is 2.80. The van der Waals surface area contributed by atoms with Crippen molar-refractivity contribution in [3.8, 4) is 0 Å². The minimum atomic E-state index is -0.264. The fourth-order valence-electron chi connectivity index (χ4n) is 2.24. The van der Waals surface area contributed by atoms with Crippen molar-refractivity contribution in [3.63, 3.8) is 0 Å². The van der Waals surface area contributed by atoms with E-state index in [0.717, 1.165) is 17.7 Å². The summed E-state index contributed by atoms with van der Waals surface area (Å²) in [4.78, 5) is 2.14. The molecule has 4 nitrogen and oxygen atoms in total. The molecule has 1 heterocycles. The van der Waals surface area contributed by atoms with Gasteiger partial charge < -0.3 is 5.73 Å². The number of halogens is 2. The van der Waals surface area contributed by atoms with E-state index in [2.05, 4.69) is 25.9 Å². The van der Waals surface area contributed by atoms with Crippen molar-refractivity contribution in [2.24, 2.45) is 12.8 Å². The van der Waals surface area contributed by atoms with Gasteiger partial charge in [0.15, 0.2) is 0 Å². The summed E-state index contributed by atoms with van der Waals surface area (Å²) in [6, 6.07) is 5.05. The van der Waals surface area contributed by atoms with Gasteiger partial charge in [-0.3, -0.25) is 9.58 Å². The molecule has 0 aliphatic rings. The van der Waals surface area contributed by atoms with E-state index in [1.165, 1.54) is 6.07 Å². The molecule has 1 atom stereocenters. The number of hydrogen-bond donors (Lipinski definition) is 1. The van der Waals surface area contributed by atoms with E-state index in [1.807, 2.05) is 26.5 Å². The third kappa shape index (κ3) is 3.45. The Morgan fingerprint density at radius 3 is 2.80 bits per heavy atom. The molecule has 2 rings (SSSR count). The number of nitrogens with two attached hydrogens (primary N) is 1. The van der Waals surface area contributed by atoms with Crippen LogP contribution in [-0.2, 0) is 13.6 Å². The maximum Gasteiger partial charge on any atom is 0.137 e. The summed E-state index contributed by atoms with van der Waals surface area (Å²) in [5.41, 5.74) is 7.99. The van der Waals surface area contributed by atoms with Crippen LogP contribution < -0.4 is 5.73 Å². The molecule has 0 fully saturated rings. The van der Waals surface area contributed by atoms with E-state index >= 15 is 0 Å². The van der Waals surface area contributed by atoms with Crippen LogP contribution in [0.1, 0.15) is 17.2 Å². The molecular weight excluding hydrogens is 323 g/mol.